The summed E-state index contributed by atoms with van der Waals surface area (Å²) in [6, 6.07) is 6.28. The van der Waals surface area contributed by atoms with Gasteiger partial charge < -0.3 is 15.8 Å². The normalized spacial score (nSPS) is 22.2. The monoisotopic (exact) mass is 256 g/mol. The molecule has 0 aliphatic carbocycles. The number of benzene rings is 1. The van der Waals surface area contributed by atoms with Crippen LogP contribution in [0, 0.1) is 0 Å². The third-order valence-corrected chi connectivity index (χ3v) is 3.04. The van der Waals surface area contributed by atoms with E-state index in [1.807, 2.05) is 18.2 Å². The van der Waals surface area contributed by atoms with E-state index in [-0.39, 0.29) is 0 Å². The highest BCUT2D eigenvalue weighted by Gasteiger charge is 2.15. The zero-order valence-corrected chi connectivity index (χ0v) is 9.38. The minimum Gasteiger partial charge on any atom is -0.398 e. The number of hydrogen-bond acceptors (Lipinski definition) is 3. The molecule has 4 heteroatoms. The minimum absolute atomic E-state index is 0.292. The van der Waals surface area contributed by atoms with Gasteiger partial charge in [-0.05, 0) is 33.6 Å². The second kappa shape index (κ2) is 4.29. The molecule has 3 N–H and O–H groups in total. The molecule has 3 nitrogen and oxygen atoms in total. The zero-order chi connectivity index (χ0) is 9.97. The highest BCUT2D eigenvalue weighted by Crippen LogP contribution is 2.24. The number of nitrogens with one attached hydrogen (secondary N) is 1. The molecule has 1 heterocycles. The average Bonchev–Trinajstić information content (AvgIpc) is 2.23. The third-order valence-electron chi connectivity index (χ3n) is 2.35. The number of nitrogens with two attached hydrogens (primary N) is 1. The number of ether oxygens (including phenoxy) is 1. The first-order chi connectivity index (χ1) is 6.77. The molecular formula is C10H13BrN2O. The molecule has 1 saturated heterocycles. The van der Waals surface area contributed by atoms with Gasteiger partial charge in [0.25, 0.3) is 0 Å². The van der Waals surface area contributed by atoms with Gasteiger partial charge in [-0.3, -0.25) is 0 Å². The molecule has 0 amide bonds. The smallest absolute Gasteiger partial charge is 0.0662 e. The molecule has 1 fully saturated rings. The number of hydrogen-bond donors (Lipinski definition) is 2. The maximum Gasteiger partial charge on any atom is 0.0662 e. The van der Waals surface area contributed by atoms with E-state index in [9.17, 15) is 0 Å². The maximum absolute atomic E-state index is 5.72. The fourth-order valence-corrected chi connectivity index (χ4v) is 1.94. The van der Waals surface area contributed by atoms with E-state index >= 15 is 0 Å². The predicted octanol–water partition coefficient (Wildman–Crippen LogP) is 1.69. The molecule has 0 bridgehead atoms. The number of nitrogen functional groups attached to an aromatic ring is 1. The molecule has 1 aromatic carbocycles. The summed E-state index contributed by atoms with van der Waals surface area (Å²) >= 11 is 3.42. The molecule has 0 radical (unpaired) electrons. The van der Waals surface area contributed by atoms with Crippen molar-refractivity contribution >= 4 is 21.6 Å². The first-order valence-corrected chi connectivity index (χ1v) is 5.43. The van der Waals surface area contributed by atoms with Gasteiger partial charge in [0.2, 0.25) is 0 Å². The van der Waals surface area contributed by atoms with E-state index < -0.39 is 0 Å². The number of anilines is 1. The fraction of sp³-hybridized carbons (Fsp3) is 0.400. The highest BCUT2D eigenvalue weighted by atomic mass is 79.9. The Labute approximate surface area is 91.8 Å². The molecule has 1 aliphatic rings. The summed E-state index contributed by atoms with van der Waals surface area (Å²) in [6.07, 6.45) is 0. The van der Waals surface area contributed by atoms with Crippen molar-refractivity contribution in [3.63, 3.8) is 0 Å². The van der Waals surface area contributed by atoms with Crippen LogP contribution in [0.5, 0.6) is 0 Å². The molecule has 1 aliphatic heterocycles. The van der Waals surface area contributed by atoms with Gasteiger partial charge in [0.05, 0.1) is 19.3 Å². The van der Waals surface area contributed by atoms with Crippen LogP contribution in [0.1, 0.15) is 11.6 Å². The predicted molar refractivity (Wildman–Crippen MR) is 60.1 cm³/mol. The quantitative estimate of drug-likeness (QED) is 0.753. The Morgan fingerprint density at radius 3 is 3.00 bits per heavy atom. The van der Waals surface area contributed by atoms with Crippen molar-refractivity contribution < 1.29 is 4.74 Å². The van der Waals surface area contributed by atoms with E-state index in [0.717, 1.165) is 29.9 Å². The van der Waals surface area contributed by atoms with Crippen molar-refractivity contribution in [2.24, 2.45) is 0 Å². The van der Waals surface area contributed by atoms with Crippen molar-refractivity contribution in [2.45, 2.75) is 6.04 Å². The summed E-state index contributed by atoms with van der Waals surface area (Å²) in [5.41, 5.74) is 7.70. The van der Waals surface area contributed by atoms with E-state index in [0.29, 0.717) is 6.04 Å². The molecule has 0 aromatic heterocycles. The van der Waals surface area contributed by atoms with Crippen molar-refractivity contribution in [1.29, 1.82) is 0 Å². The molecule has 76 valence electrons. The largest absolute Gasteiger partial charge is 0.398 e. The standard InChI is InChI=1S/C10H13BrN2O/c11-8-5-7(1-2-9(8)12)10-6-14-4-3-13-10/h1-2,5,10,13H,3-4,6,12H2/t10-/m1/s1. The van der Waals surface area contributed by atoms with Gasteiger partial charge in [-0.1, -0.05) is 6.07 Å². The van der Waals surface area contributed by atoms with Crippen molar-refractivity contribution in [2.75, 3.05) is 25.5 Å². The third kappa shape index (κ3) is 2.08. The van der Waals surface area contributed by atoms with E-state index in [4.69, 9.17) is 10.5 Å². The van der Waals surface area contributed by atoms with Gasteiger partial charge in [-0.2, -0.15) is 0 Å². The zero-order valence-electron chi connectivity index (χ0n) is 7.79. The first kappa shape index (κ1) is 9.96. The molecule has 1 atom stereocenters. The van der Waals surface area contributed by atoms with Crippen LogP contribution in [-0.2, 0) is 4.74 Å². The summed E-state index contributed by atoms with van der Waals surface area (Å²) < 4.78 is 6.34. The Balaban J connectivity index is 2.18. The van der Waals surface area contributed by atoms with Crippen LogP contribution < -0.4 is 11.1 Å². The Morgan fingerprint density at radius 1 is 1.50 bits per heavy atom. The van der Waals surface area contributed by atoms with Crippen molar-refractivity contribution in [3.8, 4) is 0 Å². The van der Waals surface area contributed by atoms with E-state index in [1.54, 1.807) is 0 Å². The molecule has 2 rings (SSSR count). The molecular weight excluding hydrogens is 244 g/mol. The van der Waals surface area contributed by atoms with Crippen LogP contribution in [-0.4, -0.2) is 19.8 Å². The minimum atomic E-state index is 0.292. The van der Waals surface area contributed by atoms with E-state index in [1.165, 1.54) is 5.56 Å². The highest BCUT2D eigenvalue weighted by molar-refractivity contribution is 9.10. The van der Waals surface area contributed by atoms with Gasteiger partial charge in [0.1, 0.15) is 0 Å². The van der Waals surface area contributed by atoms with Crippen LogP contribution in [0.2, 0.25) is 0 Å². The van der Waals surface area contributed by atoms with Crippen LogP contribution in [0.3, 0.4) is 0 Å². The summed E-state index contributed by atoms with van der Waals surface area (Å²) in [6.45, 7) is 2.44. The maximum atomic E-state index is 5.72. The lowest BCUT2D eigenvalue weighted by Gasteiger charge is -2.24. The number of rotatable bonds is 1. The lowest BCUT2D eigenvalue weighted by Crippen LogP contribution is -2.34. The topological polar surface area (TPSA) is 47.3 Å². The van der Waals surface area contributed by atoms with Gasteiger partial charge in [-0.15, -0.1) is 0 Å². The van der Waals surface area contributed by atoms with Gasteiger partial charge in [-0.25, -0.2) is 0 Å². The molecule has 0 unspecified atom stereocenters. The van der Waals surface area contributed by atoms with Crippen molar-refractivity contribution in [1.82, 2.24) is 5.32 Å². The first-order valence-electron chi connectivity index (χ1n) is 4.63. The van der Waals surface area contributed by atoms with Crippen LogP contribution in [0.15, 0.2) is 22.7 Å². The van der Waals surface area contributed by atoms with Gasteiger partial charge in [0, 0.05) is 16.7 Å². The van der Waals surface area contributed by atoms with Crippen LogP contribution >= 0.6 is 15.9 Å². The summed E-state index contributed by atoms with van der Waals surface area (Å²) in [4.78, 5) is 0. The molecule has 0 saturated carbocycles. The molecule has 1 aromatic rings. The Kier molecular flexibility index (Phi) is 3.05. The van der Waals surface area contributed by atoms with Gasteiger partial charge >= 0.3 is 0 Å². The lowest BCUT2D eigenvalue weighted by molar-refractivity contribution is 0.0769. The van der Waals surface area contributed by atoms with Crippen LogP contribution in [0.25, 0.3) is 0 Å². The Bertz CT molecular complexity index is 324. The summed E-state index contributed by atoms with van der Waals surface area (Å²) in [5.74, 6) is 0. The summed E-state index contributed by atoms with van der Waals surface area (Å²) in [5, 5.41) is 3.40. The van der Waals surface area contributed by atoms with E-state index in [2.05, 4.69) is 21.2 Å². The fourth-order valence-electron chi connectivity index (χ4n) is 1.54. The number of halogens is 1. The summed E-state index contributed by atoms with van der Waals surface area (Å²) in [7, 11) is 0. The SMILES string of the molecule is Nc1ccc([C@H]2COCCN2)cc1Br. The molecule has 14 heavy (non-hydrogen) atoms. The number of morpholine rings is 1. The molecule has 0 spiro atoms. The Hall–Kier alpha value is -0.580. The lowest BCUT2D eigenvalue weighted by atomic mass is 10.1. The van der Waals surface area contributed by atoms with Crippen LogP contribution in [0.4, 0.5) is 5.69 Å². The second-order valence-corrected chi connectivity index (χ2v) is 4.22. The second-order valence-electron chi connectivity index (χ2n) is 3.36. The average molecular weight is 257 g/mol. The Morgan fingerprint density at radius 2 is 2.36 bits per heavy atom. The van der Waals surface area contributed by atoms with Gasteiger partial charge in [0.15, 0.2) is 0 Å². The van der Waals surface area contributed by atoms with Crippen molar-refractivity contribution in [3.05, 3.63) is 28.2 Å².